The number of rotatable bonds is 7. The minimum Gasteiger partial charge on any atom is -0.493 e. The summed E-state index contributed by atoms with van der Waals surface area (Å²) in [5.41, 5.74) is -0.611. The number of amidine groups is 1. The second kappa shape index (κ2) is 10.8. The van der Waals surface area contributed by atoms with E-state index in [0.717, 1.165) is 18.7 Å². The van der Waals surface area contributed by atoms with E-state index in [4.69, 9.17) is 14.7 Å². The Morgan fingerprint density at radius 1 is 1.09 bits per heavy atom. The number of carbonyl (C=O) groups excluding carboxylic acids is 1. The molecule has 0 unspecified atom stereocenters. The molecule has 0 aromatic heterocycles. The van der Waals surface area contributed by atoms with Crippen LogP contribution in [0.2, 0.25) is 0 Å². The van der Waals surface area contributed by atoms with Gasteiger partial charge in [-0.2, -0.15) is 23.4 Å². The maximum atomic E-state index is 13.5. The number of nitrogens with zero attached hydrogens (tertiary/aromatic N) is 4. The molecule has 0 saturated heterocycles. The van der Waals surface area contributed by atoms with Crippen molar-refractivity contribution in [1.29, 1.82) is 5.26 Å². The Morgan fingerprint density at radius 2 is 1.80 bits per heavy atom. The quantitative estimate of drug-likeness (QED) is 0.499. The van der Waals surface area contributed by atoms with Gasteiger partial charge < -0.3 is 19.3 Å². The summed E-state index contributed by atoms with van der Waals surface area (Å²) in [5, 5.41) is 9.52. The van der Waals surface area contributed by atoms with Gasteiger partial charge in [-0.25, -0.2) is 0 Å². The number of halogens is 3. The Bertz CT molecular complexity index is 1220. The highest BCUT2D eigenvalue weighted by Gasteiger charge is 2.35. The molecular weight excluding hydrogens is 481 g/mol. The van der Waals surface area contributed by atoms with E-state index in [2.05, 4.69) is 4.99 Å². The van der Waals surface area contributed by atoms with E-state index in [0.29, 0.717) is 22.2 Å². The van der Waals surface area contributed by atoms with E-state index in [1.165, 1.54) is 31.0 Å². The average Bonchev–Trinajstić information content (AvgIpc) is 3.18. The normalized spacial score (nSPS) is 14.8. The first-order valence-corrected chi connectivity index (χ1v) is 11.2. The SMILES string of the molecule is COc1cc(/C=C2\SC(N(C)CCN(C)C)=NC2=O)ccc1Oc1ccc(C#N)cc1C(F)(F)F. The first-order valence-electron chi connectivity index (χ1n) is 10.4. The van der Waals surface area contributed by atoms with Gasteiger partial charge in [-0.15, -0.1) is 0 Å². The molecule has 2 aromatic carbocycles. The number of benzene rings is 2. The van der Waals surface area contributed by atoms with Crippen LogP contribution in [0.1, 0.15) is 16.7 Å². The van der Waals surface area contributed by atoms with Crippen molar-refractivity contribution in [2.24, 2.45) is 4.99 Å². The van der Waals surface area contributed by atoms with Crippen LogP contribution in [0.5, 0.6) is 17.2 Å². The van der Waals surface area contributed by atoms with Crippen LogP contribution in [0.3, 0.4) is 0 Å². The first kappa shape index (κ1) is 26.1. The van der Waals surface area contributed by atoms with E-state index in [1.54, 1.807) is 24.3 Å². The largest absolute Gasteiger partial charge is 0.493 e. The second-order valence-corrected chi connectivity index (χ2v) is 8.88. The van der Waals surface area contributed by atoms with Crippen molar-refractivity contribution >= 4 is 28.9 Å². The number of carbonyl (C=O) groups is 1. The standard InChI is InChI=1S/C24H23F3N4O3S/c1-30(2)9-10-31(3)23-29-22(32)21(35-23)13-15-5-8-19(20(12-15)33-4)34-18-7-6-16(14-28)11-17(18)24(25,26)27/h5-8,11-13H,9-10H2,1-4H3/b21-13-. The molecule has 1 amide bonds. The summed E-state index contributed by atoms with van der Waals surface area (Å²) in [6.45, 7) is 1.51. The summed E-state index contributed by atoms with van der Waals surface area (Å²) >= 11 is 1.25. The van der Waals surface area contributed by atoms with Gasteiger partial charge in [-0.3, -0.25) is 4.79 Å². The molecule has 0 spiro atoms. The number of hydrogen-bond donors (Lipinski definition) is 0. The number of methoxy groups -OCH3 is 1. The lowest BCUT2D eigenvalue weighted by molar-refractivity contribution is -0.138. The lowest BCUT2D eigenvalue weighted by Crippen LogP contribution is -2.31. The van der Waals surface area contributed by atoms with Crippen LogP contribution in [0.25, 0.3) is 6.08 Å². The van der Waals surface area contributed by atoms with Crippen molar-refractivity contribution in [3.8, 4) is 23.3 Å². The zero-order valence-corrected chi connectivity index (χ0v) is 20.3. The van der Waals surface area contributed by atoms with E-state index in [9.17, 15) is 18.0 Å². The van der Waals surface area contributed by atoms with Crippen LogP contribution in [-0.2, 0) is 11.0 Å². The van der Waals surface area contributed by atoms with Gasteiger partial charge in [0.1, 0.15) is 5.75 Å². The molecule has 2 aromatic rings. The van der Waals surface area contributed by atoms with Gasteiger partial charge in [0.2, 0.25) is 0 Å². The third-order valence-corrected chi connectivity index (χ3v) is 6.04. The van der Waals surface area contributed by atoms with Crippen molar-refractivity contribution in [3.05, 3.63) is 58.0 Å². The highest BCUT2D eigenvalue weighted by atomic mass is 32.2. The zero-order valence-electron chi connectivity index (χ0n) is 19.5. The molecule has 35 heavy (non-hydrogen) atoms. The Kier molecular flexibility index (Phi) is 8.09. The lowest BCUT2D eigenvalue weighted by atomic mass is 10.1. The monoisotopic (exact) mass is 504 g/mol. The molecule has 1 aliphatic rings. The number of hydrogen-bond acceptors (Lipinski definition) is 7. The van der Waals surface area contributed by atoms with Gasteiger partial charge >= 0.3 is 6.18 Å². The van der Waals surface area contributed by atoms with Gasteiger partial charge in [0, 0.05) is 20.1 Å². The predicted molar refractivity (Wildman–Crippen MR) is 128 cm³/mol. The minimum atomic E-state index is -4.71. The fraction of sp³-hybridized carbons (Fsp3) is 0.292. The van der Waals surface area contributed by atoms with Crippen molar-refractivity contribution in [2.75, 3.05) is 41.3 Å². The summed E-state index contributed by atoms with van der Waals surface area (Å²) in [7, 11) is 7.14. The maximum Gasteiger partial charge on any atom is 0.420 e. The van der Waals surface area contributed by atoms with Gasteiger partial charge in [-0.05, 0) is 67.8 Å². The molecular formula is C24H23F3N4O3S. The predicted octanol–water partition coefficient (Wildman–Crippen LogP) is 4.84. The van der Waals surface area contributed by atoms with Crippen molar-refractivity contribution in [2.45, 2.75) is 6.18 Å². The van der Waals surface area contributed by atoms with Crippen LogP contribution in [-0.4, -0.2) is 62.2 Å². The molecule has 1 heterocycles. The molecule has 0 aliphatic carbocycles. The smallest absolute Gasteiger partial charge is 0.420 e. The molecule has 184 valence electrons. The fourth-order valence-electron chi connectivity index (χ4n) is 3.05. The van der Waals surface area contributed by atoms with Crippen molar-refractivity contribution in [1.82, 2.24) is 9.80 Å². The molecule has 0 N–H and O–H groups in total. The van der Waals surface area contributed by atoms with Crippen LogP contribution >= 0.6 is 11.8 Å². The molecule has 0 fully saturated rings. The number of likely N-dealkylation sites (N-methyl/N-ethyl adjacent to an activating group) is 2. The van der Waals surface area contributed by atoms with E-state index in [1.807, 2.05) is 30.9 Å². The number of amides is 1. The third kappa shape index (κ3) is 6.55. The Labute approximate surface area is 205 Å². The molecule has 0 saturated carbocycles. The molecule has 0 bridgehead atoms. The van der Waals surface area contributed by atoms with Crippen LogP contribution < -0.4 is 9.47 Å². The summed E-state index contributed by atoms with van der Waals surface area (Å²) < 4.78 is 51.3. The fourth-order valence-corrected chi connectivity index (χ4v) is 3.95. The van der Waals surface area contributed by atoms with Gasteiger partial charge in [0.15, 0.2) is 16.7 Å². The van der Waals surface area contributed by atoms with Gasteiger partial charge in [-0.1, -0.05) is 6.07 Å². The Balaban J connectivity index is 1.82. The second-order valence-electron chi connectivity index (χ2n) is 7.87. The van der Waals surface area contributed by atoms with Crippen molar-refractivity contribution < 1.29 is 27.4 Å². The van der Waals surface area contributed by atoms with Crippen LogP contribution in [0, 0.1) is 11.3 Å². The number of thioether (sulfide) groups is 1. The first-order chi connectivity index (χ1) is 16.5. The number of nitriles is 1. The topological polar surface area (TPSA) is 78.2 Å². The zero-order chi connectivity index (χ0) is 25.8. The van der Waals surface area contributed by atoms with Crippen molar-refractivity contribution in [3.63, 3.8) is 0 Å². The molecule has 11 heteroatoms. The van der Waals surface area contributed by atoms with Crippen LogP contribution in [0.4, 0.5) is 13.2 Å². The Hall–Kier alpha value is -3.49. The summed E-state index contributed by atoms with van der Waals surface area (Å²) in [5.74, 6) is -0.596. The highest BCUT2D eigenvalue weighted by molar-refractivity contribution is 8.18. The minimum absolute atomic E-state index is 0.0515. The van der Waals surface area contributed by atoms with E-state index in [-0.39, 0.29) is 23.0 Å². The maximum absolute atomic E-state index is 13.5. The number of ether oxygens (including phenoxy) is 2. The summed E-state index contributed by atoms with van der Waals surface area (Å²) in [4.78, 5) is 20.8. The van der Waals surface area contributed by atoms with Crippen LogP contribution in [0.15, 0.2) is 46.3 Å². The molecule has 0 radical (unpaired) electrons. The summed E-state index contributed by atoms with van der Waals surface area (Å²) in [6.07, 6.45) is -3.07. The van der Waals surface area contributed by atoms with Gasteiger partial charge in [0.25, 0.3) is 5.91 Å². The number of alkyl halides is 3. The molecule has 3 rings (SSSR count). The third-order valence-electron chi connectivity index (χ3n) is 4.94. The molecule has 0 atom stereocenters. The molecule has 1 aliphatic heterocycles. The van der Waals surface area contributed by atoms with Gasteiger partial charge in [0.05, 0.1) is 29.2 Å². The number of aliphatic imine (C=N–C) groups is 1. The summed E-state index contributed by atoms with van der Waals surface area (Å²) in [6, 6.07) is 9.37. The Morgan fingerprint density at radius 3 is 2.43 bits per heavy atom. The highest BCUT2D eigenvalue weighted by Crippen LogP contribution is 2.41. The molecule has 7 nitrogen and oxygen atoms in total. The average molecular weight is 505 g/mol. The lowest BCUT2D eigenvalue weighted by Gasteiger charge is -2.19. The van der Waals surface area contributed by atoms with E-state index >= 15 is 0 Å². The van der Waals surface area contributed by atoms with E-state index < -0.39 is 17.5 Å².